The van der Waals surface area contributed by atoms with Crippen LogP contribution < -0.4 is 10.2 Å². The highest BCUT2D eigenvalue weighted by molar-refractivity contribution is 5.89. The number of rotatable bonds is 6. The topological polar surface area (TPSA) is 136 Å². The number of anilines is 2. The number of hydrogen-bond donors (Lipinski definition) is 3. The molecule has 3 aliphatic carbocycles. The smallest absolute Gasteiger partial charge is 0.308 e. The SMILES string of the molecule is CN1CCN(c2ccc(-c3cc(NC4C5CCC(CC5)C4C(=O)O)nc(-c4[nH]nc5ncc(F)cc45)n3)o2)CC1. The Bertz CT molecular complexity index is 1550. The molecule has 4 fully saturated rings. The maximum Gasteiger partial charge on any atom is 0.308 e. The van der Waals surface area contributed by atoms with Crippen LogP contribution in [0.5, 0.6) is 0 Å². The summed E-state index contributed by atoms with van der Waals surface area (Å²) in [7, 11) is 2.11. The molecule has 0 spiro atoms. The lowest BCUT2D eigenvalue weighted by Gasteiger charge is -2.47. The Morgan fingerprint density at radius 3 is 2.65 bits per heavy atom. The quantitative estimate of drug-likeness (QED) is 0.327. The third-order valence-corrected chi connectivity index (χ3v) is 8.80. The number of nitrogens with zero attached hydrogens (tertiary/aromatic N) is 6. The standard InChI is InChI=1S/C28H31FN8O3/c1-36-8-10-37(11-9-36)22-7-6-20(40-22)19-13-21(32-24-16-4-2-15(3-5-16)23(24)28(38)39)33-27(31-19)25-18-12-17(29)14-30-26(18)35-34-25/h6-7,12-16,23-24H,2-5,8-11H2,1H3,(H,38,39)(H,30,34,35)(H,31,32,33). The van der Waals surface area contributed by atoms with Gasteiger partial charge in [0.25, 0.3) is 0 Å². The van der Waals surface area contributed by atoms with E-state index in [0.29, 0.717) is 39.8 Å². The molecule has 4 aliphatic rings. The van der Waals surface area contributed by atoms with Gasteiger partial charge >= 0.3 is 5.97 Å². The molecule has 12 heteroatoms. The highest BCUT2D eigenvalue weighted by Gasteiger charge is 2.47. The van der Waals surface area contributed by atoms with Crippen LogP contribution in [0.1, 0.15) is 25.7 Å². The molecule has 8 rings (SSSR count). The van der Waals surface area contributed by atoms with Crippen LogP contribution in [0.15, 0.2) is 34.9 Å². The normalized spacial score (nSPS) is 25.0. The predicted octanol–water partition coefficient (Wildman–Crippen LogP) is 3.87. The van der Waals surface area contributed by atoms with Crippen LogP contribution in [-0.2, 0) is 4.79 Å². The second-order valence-electron chi connectivity index (χ2n) is 11.2. The first kappa shape index (κ1) is 24.9. The van der Waals surface area contributed by atoms with Gasteiger partial charge in [-0.05, 0) is 56.7 Å². The molecule has 4 aromatic heterocycles. The maximum absolute atomic E-state index is 14.1. The van der Waals surface area contributed by atoms with Crippen molar-refractivity contribution >= 4 is 28.7 Å². The van der Waals surface area contributed by atoms with Gasteiger partial charge in [-0.1, -0.05) is 0 Å². The van der Waals surface area contributed by atoms with Gasteiger partial charge in [-0.25, -0.2) is 19.3 Å². The zero-order valence-electron chi connectivity index (χ0n) is 22.2. The van der Waals surface area contributed by atoms with Gasteiger partial charge in [0, 0.05) is 44.4 Å². The third-order valence-electron chi connectivity index (χ3n) is 8.80. The number of nitrogens with one attached hydrogen (secondary N) is 2. The van der Waals surface area contributed by atoms with Crippen molar-refractivity contribution in [2.75, 3.05) is 43.4 Å². The Kier molecular flexibility index (Phi) is 6.14. The molecule has 40 heavy (non-hydrogen) atoms. The van der Waals surface area contributed by atoms with Gasteiger partial charge in [0.2, 0.25) is 0 Å². The van der Waals surface area contributed by atoms with Crippen molar-refractivity contribution in [3.63, 3.8) is 0 Å². The van der Waals surface area contributed by atoms with Crippen LogP contribution in [-0.4, -0.2) is 80.4 Å². The number of H-pyrrole nitrogens is 1. The van der Waals surface area contributed by atoms with E-state index in [2.05, 4.69) is 37.3 Å². The average Bonchev–Trinajstić information content (AvgIpc) is 3.61. The molecular weight excluding hydrogens is 515 g/mol. The summed E-state index contributed by atoms with van der Waals surface area (Å²) in [6.07, 6.45) is 5.00. The van der Waals surface area contributed by atoms with Crippen molar-refractivity contribution in [2.45, 2.75) is 31.7 Å². The summed E-state index contributed by atoms with van der Waals surface area (Å²) in [5, 5.41) is 21.1. The summed E-state index contributed by atoms with van der Waals surface area (Å²) in [5.74, 6) is 0.789. The van der Waals surface area contributed by atoms with E-state index in [4.69, 9.17) is 14.4 Å². The van der Waals surface area contributed by atoms with Crippen LogP contribution in [0, 0.1) is 23.6 Å². The molecular formula is C28H31FN8O3. The van der Waals surface area contributed by atoms with E-state index >= 15 is 0 Å². The molecule has 5 heterocycles. The molecule has 0 radical (unpaired) electrons. The van der Waals surface area contributed by atoms with Crippen LogP contribution in [0.3, 0.4) is 0 Å². The number of pyridine rings is 1. The largest absolute Gasteiger partial charge is 0.481 e. The van der Waals surface area contributed by atoms with Gasteiger partial charge in [0.05, 0.1) is 17.5 Å². The molecule has 11 nitrogen and oxygen atoms in total. The van der Waals surface area contributed by atoms with Crippen molar-refractivity contribution in [1.82, 2.24) is 30.0 Å². The molecule has 0 aromatic carbocycles. The molecule has 208 valence electrons. The van der Waals surface area contributed by atoms with E-state index in [0.717, 1.165) is 63.9 Å². The summed E-state index contributed by atoms with van der Waals surface area (Å²) in [5.41, 5.74) is 1.32. The first-order valence-electron chi connectivity index (χ1n) is 13.8. The molecule has 2 atom stereocenters. The summed E-state index contributed by atoms with van der Waals surface area (Å²) in [4.78, 5) is 30.4. The van der Waals surface area contributed by atoms with Crippen molar-refractivity contribution in [3.05, 3.63) is 36.3 Å². The summed E-state index contributed by atoms with van der Waals surface area (Å²) >= 11 is 0. The predicted molar refractivity (Wildman–Crippen MR) is 146 cm³/mol. The Balaban J connectivity index is 1.29. The van der Waals surface area contributed by atoms with E-state index in [-0.39, 0.29) is 17.9 Å². The van der Waals surface area contributed by atoms with Gasteiger partial charge in [-0.15, -0.1) is 0 Å². The van der Waals surface area contributed by atoms with Gasteiger partial charge in [-0.2, -0.15) is 5.10 Å². The van der Waals surface area contributed by atoms with Crippen LogP contribution in [0.2, 0.25) is 0 Å². The fraction of sp³-hybridized carbons (Fsp3) is 0.464. The highest BCUT2D eigenvalue weighted by Crippen LogP contribution is 2.46. The number of likely N-dealkylation sites (N-methyl/N-ethyl adjacent to an activating group) is 1. The van der Waals surface area contributed by atoms with Gasteiger partial charge < -0.3 is 24.6 Å². The van der Waals surface area contributed by atoms with E-state index in [1.54, 1.807) is 6.07 Å². The molecule has 2 unspecified atom stereocenters. The minimum absolute atomic E-state index is 0.155. The van der Waals surface area contributed by atoms with Crippen molar-refractivity contribution in [2.24, 2.45) is 17.8 Å². The number of aliphatic carboxylic acids is 1. The lowest BCUT2D eigenvalue weighted by molar-refractivity contribution is -0.148. The number of aromatic amines is 1. The zero-order chi connectivity index (χ0) is 27.4. The number of halogens is 1. The number of aromatic nitrogens is 5. The molecule has 4 aromatic rings. The third kappa shape index (κ3) is 4.45. The maximum atomic E-state index is 14.1. The number of hydrogen-bond acceptors (Lipinski definition) is 9. The zero-order valence-corrected chi connectivity index (χ0v) is 22.2. The van der Waals surface area contributed by atoms with Crippen molar-refractivity contribution in [1.29, 1.82) is 0 Å². The average molecular weight is 547 g/mol. The highest BCUT2D eigenvalue weighted by atomic mass is 19.1. The number of fused-ring (bicyclic) bond motifs is 4. The first-order valence-corrected chi connectivity index (χ1v) is 13.8. The minimum atomic E-state index is -0.773. The van der Waals surface area contributed by atoms with Gasteiger partial charge in [0.1, 0.15) is 23.0 Å². The second kappa shape index (κ2) is 9.84. The fourth-order valence-corrected chi connectivity index (χ4v) is 6.65. The van der Waals surface area contributed by atoms with Crippen LogP contribution in [0.25, 0.3) is 34.0 Å². The van der Waals surface area contributed by atoms with Gasteiger partial charge in [-0.3, -0.25) is 9.89 Å². The number of carboxylic acids is 1. The van der Waals surface area contributed by atoms with Crippen molar-refractivity contribution in [3.8, 4) is 23.0 Å². The molecule has 1 aliphatic heterocycles. The first-order chi connectivity index (χ1) is 19.4. The lowest BCUT2D eigenvalue weighted by Crippen LogP contribution is -2.51. The lowest BCUT2D eigenvalue weighted by atomic mass is 9.61. The number of carboxylic acid groups (broad SMARTS) is 1. The Morgan fingerprint density at radius 1 is 1.10 bits per heavy atom. The summed E-state index contributed by atoms with van der Waals surface area (Å²) in [6.45, 7) is 3.64. The van der Waals surface area contributed by atoms with Crippen molar-refractivity contribution < 1.29 is 18.7 Å². The van der Waals surface area contributed by atoms with E-state index in [1.165, 1.54) is 6.07 Å². The Hall–Kier alpha value is -4.06. The second-order valence-corrected chi connectivity index (χ2v) is 11.2. The number of furan rings is 1. The minimum Gasteiger partial charge on any atom is -0.481 e. The van der Waals surface area contributed by atoms with E-state index < -0.39 is 17.7 Å². The summed E-state index contributed by atoms with van der Waals surface area (Å²) in [6, 6.07) is 6.74. The number of carbonyl (C=O) groups is 1. The molecule has 0 amide bonds. The van der Waals surface area contributed by atoms with Crippen LogP contribution in [0.4, 0.5) is 16.1 Å². The Labute approximate surface area is 229 Å². The molecule has 3 N–H and O–H groups in total. The molecule has 1 saturated heterocycles. The molecule has 3 saturated carbocycles. The van der Waals surface area contributed by atoms with E-state index in [1.807, 2.05) is 12.1 Å². The fourth-order valence-electron chi connectivity index (χ4n) is 6.65. The van der Waals surface area contributed by atoms with Crippen LogP contribution >= 0.6 is 0 Å². The monoisotopic (exact) mass is 546 g/mol. The molecule has 2 bridgehead atoms. The Morgan fingerprint density at radius 2 is 1.88 bits per heavy atom. The number of piperazine rings is 1. The van der Waals surface area contributed by atoms with E-state index in [9.17, 15) is 14.3 Å². The van der Waals surface area contributed by atoms with Gasteiger partial charge in [0.15, 0.2) is 23.1 Å². The summed E-state index contributed by atoms with van der Waals surface area (Å²) < 4.78 is 20.4.